The Kier molecular flexibility index (Phi) is 4.36. The van der Waals surface area contributed by atoms with E-state index in [0.717, 1.165) is 34.1 Å². The largest absolute Gasteiger partial charge is 0.497 e. The molecule has 2 aliphatic heterocycles. The zero-order valence-electron chi connectivity index (χ0n) is 16.4. The van der Waals surface area contributed by atoms with Crippen molar-refractivity contribution in [1.29, 1.82) is 0 Å². The number of amidine groups is 1. The molecule has 0 fully saturated rings. The molecule has 2 atom stereocenters. The molecule has 0 bridgehead atoms. The van der Waals surface area contributed by atoms with Crippen LogP contribution in [0.25, 0.3) is 5.69 Å². The molecule has 8 heteroatoms. The van der Waals surface area contributed by atoms with Crippen LogP contribution in [0.1, 0.15) is 22.7 Å². The van der Waals surface area contributed by atoms with Crippen LogP contribution in [0, 0.1) is 12.8 Å². The van der Waals surface area contributed by atoms with Crippen molar-refractivity contribution in [2.45, 2.75) is 12.8 Å². The van der Waals surface area contributed by atoms with Gasteiger partial charge >= 0.3 is 0 Å². The Morgan fingerprint density at radius 1 is 1.03 bits per heavy atom. The summed E-state index contributed by atoms with van der Waals surface area (Å²) in [5.74, 6) is 1.14. The van der Waals surface area contributed by atoms with Crippen molar-refractivity contribution in [2.24, 2.45) is 10.9 Å². The maximum atomic E-state index is 13.0. The van der Waals surface area contributed by atoms with Gasteiger partial charge in [-0.05, 0) is 49.0 Å². The summed E-state index contributed by atoms with van der Waals surface area (Å²) in [5.41, 5.74) is 3.72. The molecule has 7 nitrogen and oxygen atoms in total. The Hall–Kier alpha value is -3.52. The van der Waals surface area contributed by atoms with E-state index in [1.54, 1.807) is 7.11 Å². The molecular formula is C22H19N5O2S. The molecule has 3 aromatic rings. The first-order chi connectivity index (χ1) is 14.6. The molecule has 1 amide bonds. The number of rotatable bonds is 3. The van der Waals surface area contributed by atoms with E-state index >= 15 is 0 Å². The van der Waals surface area contributed by atoms with Crippen molar-refractivity contribution in [1.82, 2.24) is 15.1 Å². The molecule has 2 N–H and O–H groups in total. The minimum Gasteiger partial charge on any atom is -0.497 e. The maximum absolute atomic E-state index is 13.0. The number of aryl methyl sites for hydroxylation is 1. The zero-order valence-corrected chi connectivity index (χ0v) is 17.2. The number of thiocarbonyl (C=S) groups is 1. The number of aromatic nitrogens is 2. The molecule has 0 saturated carbocycles. The van der Waals surface area contributed by atoms with E-state index in [9.17, 15) is 4.79 Å². The first-order valence-corrected chi connectivity index (χ1v) is 9.97. The summed E-state index contributed by atoms with van der Waals surface area (Å²) in [5, 5.41) is 11.0. The third kappa shape index (κ3) is 2.88. The summed E-state index contributed by atoms with van der Waals surface area (Å²) in [6, 6.07) is 17.6. The lowest BCUT2D eigenvalue weighted by atomic mass is 9.76. The molecule has 0 aliphatic carbocycles. The lowest BCUT2D eigenvalue weighted by Crippen LogP contribution is -2.50. The highest BCUT2D eigenvalue weighted by molar-refractivity contribution is 7.80. The van der Waals surface area contributed by atoms with Gasteiger partial charge in [-0.15, -0.1) is 0 Å². The molecule has 0 radical (unpaired) electrons. The molecule has 0 spiro atoms. The van der Waals surface area contributed by atoms with Crippen molar-refractivity contribution in [3.8, 4) is 11.4 Å². The van der Waals surface area contributed by atoms with Crippen LogP contribution in [0.4, 0.5) is 5.82 Å². The molecule has 150 valence electrons. The fourth-order valence-electron chi connectivity index (χ4n) is 4.18. The van der Waals surface area contributed by atoms with Gasteiger partial charge in [0.1, 0.15) is 23.3 Å². The minimum absolute atomic E-state index is 0.165. The summed E-state index contributed by atoms with van der Waals surface area (Å²) in [4.78, 5) is 17.4. The standard InChI is InChI=1S/C22H19N5O2S/c1-12-16-17(13-8-10-15(29-2)11-9-13)18-19(24-22(30)25-21(18)28)23-20(16)27(26-12)14-6-4-3-5-7-14/h3-11,17-18H,1-2H3,(H2,23,24,25,28,30). The fourth-order valence-corrected chi connectivity index (χ4v) is 4.37. The second-order valence-corrected chi connectivity index (χ2v) is 7.63. The number of nitrogens with zero attached hydrogens (tertiary/aromatic N) is 3. The van der Waals surface area contributed by atoms with E-state index in [1.165, 1.54) is 0 Å². The normalized spacial score (nSPS) is 19.9. The lowest BCUT2D eigenvalue weighted by Gasteiger charge is -2.35. The fraction of sp³-hybridized carbons (Fsp3) is 0.182. The highest BCUT2D eigenvalue weighted by Gasteiger charge is 2.45. The van der Waals surface area contributed by atoms with Crippen molar-refractivity contribution < 1.29 is 9.53 Å². The second kappa shape index (κ2) is 7.07. The van der Waals surface area contributed by atoms with Gasteiger partial charge in [0.05, 0.1) is 18.5 Å². The molecule has 1 aromatic heterocycles. The Bertz CT molecular complexity index is 1180. The Labute approximate surface area is 178 Å². The zero-order chi connectivity index (χ0) is 20.8. The van der Waals surface area contributed by atoms with Gasteiger partial charge in [0.15, 0.2) is 0 Å². The lowest BCUT2D eigenvalue weighted by molar-refractivity contribution is -0.122. The third-order valence-corrected chi connectivity index (χ3v) is 5.70. The highest BCUT2D eigenvalue weighted by Crippen LogP contribution is 2.44. The summed E-state index contributed by atoms with van der Waals surface area (Å²) in [6.07, 6.45) is 0. The molecule has 2 aromatic carbocycles. The molecule has 2 aliphatic rings. The average Bonchev–Trinajstić information content (AvgIpc) is 3.09. The van der Waals surface area contributed by atoms with E-state index < -0.39 is 5.92 Å². The molecule has 5 rings (SSSR count). The maximum Gasteiger partial charge on any atom is 0.237 e. The van der Waals surface area contributed by atoms with E-state index in [-0.39, 0.29) is 16.9 Å². The minimum atomic E-state index is -0.523. The number of aliphatic imine (C=N–C) groups is 1. The van der Waals surface area contributed by atoms with Gasteiger partial charge in [-0.2, -0.15) is 5.10 Å². The van der Waals surface area contributed by atoms with Gasteiger partial charge in [0, 0.05) is 11.5 Å². The third-order valence-electron chi connectivity index (χ3n) is 5.50. The van der Waals surface area contributed by atoms with Crippen LogP contribution >= 0.6 is 12.2 Å². The quantitative estimate of drug-likeness (QED) is 0.640. The van der Waals surface area contributed by atoms with E-state index in [2.05, 4.69) is 15.6 Å². The van der Waals surface area contributed by atoms with Crippen LogP contribution in [0.5, 0.6) is 5.75 Å². The van der Waals surface area contributed by atoms with Crippen molar-refractivity contribution in [3.63, 3.8) is 0 Å². The SMILES string of the molecule is COc1ccc(C2c3c(C)nn(-c4ccccc4)c3NC3=NC(=S)NC(=O)C32)cc1. The highest BCUT2D eigenvalue weighted by atomic mass is 32.1. The van der Waals surface area contributed by atoms with Crippen LogP contribution in [0.2, 0.25) is 0 Å². The molecular weight excluding hydrogens is 398 g/mol. The predicted molar refractivity (Wildman–Crippen MR) is 118 cm³/mol. The van der Waals surface area contributed by atoms with E-state index in [1.807, 2.05) is 66.2 Å². The first kappa shape index (κ1) is 18.5. The summed E-state index contributed by atoms with van der Waals surface area (Å²) in [6.45, 7) is 1.96. The number of methoxy groups -OCH3 is 1. The van der Waals surface area contributed by atoms with Gasteiger partial charge in [-0.1, -0.05) is 30.3 Å². The van der Waals surface area contributed by atoms with Crippen LogP contribution in [-0.2, 0) is 4.79 Å². The number of fused-ring (bicyclic) bond motifs is 2. The number of hydrogen-bond acceptors (Lipinski definition) is 5. The van der Waals surface area contributed by atoms with Crippen LogP contribution < -0.4 is 15.4 Å². The number of nitrogens with one attached hydrogen (secondary N) is 2. The van der Waals surface area contributed by atoms with E-state index in [0.29, 0.717) is 5.84 Å². The average molecular weight is 417 g/mol. The number of benzene rings is 2. The number of para-hydroxylation sites is 1. The predicted octanol–water partition coefficient (Wildman–Crippen LogP) is 3.18. The Morgan fingerprint density at radius 2 is 1.77 bits per heavy atom. The molecule has 30 heavy (non-hydrogen) atoms. The number of carbonyl (C=O) groups is 1. The van der Waals surface area contributed by atoms with Gasteiger partial charge in [-0.3, -0.25) is 4.79 Å². The van der Waals surface area contributed by atoms with Crippen molar-refractivity contribution in [3.05, 3.63) is 71.4 Å². The Morgan fingerprint density at radius 3 is 2.47 bits per heavy atom. The van der Waals surface area contributed by atoms with Crippen molar-refractivity contribution >= 4 is 34.9 Å². The first-order valence-electron chi connectivity index (χ1n) is 9.56. The topological polar surface area (TPSA) is 80.5 Å². The number of anilines is 1. The Balaban J connectivity index is 1.74. The van der Waals surface area contributed by atoms with E-state index in [4.69, 9.17) is 22.1 Å². The van der Waals surface area contributed by atoms with Crippen LogP contribution in [-0.4, -0.2) is 33.7 Å². The summed E-state index contributed by atoms with van der Waals surface area (Å²) < 4.78 is 7.16. The number of ether oxygens (including phenoxy) is 1. The monoisotopic (exact) mass is 417 g/mol. The summed E-state index contributed by atoms with van der Waals surface area (Å²) >= 11 is 5.17. The number of amides is 1. The van der Waals surface area contributed by atoms with Gasteiger partial charge in [-0.25, -0.2) is 9.67 Å². The number of hydrogen-bond donors (Lipinski definition) is 2. The molecule has 3 heterocycles. The van der Waals surface area contributed by atoms with Crippen LogP contribution in [0.15, 0.2) is 59.6 Å². The second-order valence-electron chi connectivity index (χ2n) is 7.24. The van der Waals surface area contributed by atoms with Gasteiger partial charge in [0.25, 0.3) is 0 Å². The number of carbonyl (C=O) groups excluding carboxylic acids is 1. The van der Waals surface area contributed by atoms with Gasteiger partial charge in [0.2, 0.25) is 11.0 Å². The molecule has 0 saturated heterocycles. The summed E-state index contributed by atoms with van der Waals surface area (Å²) in [7, 11) is 1.63. The van der Waals surface area contributed by atoms with Crippen molar-refractivity contribution in [2.75, 3.05) is 12.4 Å². The van der Waals surface area contributed by atoms with Gasteiger partial charge < -0.3 is 15.4 Å². The smallest absolute Gasteiger partial charge is 0.237 e. The molecule has 2 unspecified atom stereocenters. The van der Waals surface area contributed by atoms with Crippen LogP contribution in [0.3, 0.4) is 0 Å².